The molecule has 0 unspecified atom stereocenters. The van der Waals surface area contributed by atoms with Crippen LogP contribution in [0.15, 0.2) is 35.3 Å². The summed E-state index contributed by atoms with van der Waals surface area (Å²) in [5.74, 6) is 0. The number of nitrogens with zero attached hydrogens (tertiary/aromatic N) is 1. The van der Waals surface area contributed by atoms with Crippen molar-refractivity contribution >= 4 is 11.8 Å². The minimum Gasteiger partial charge on any atom is -0.445 e. The lowest BCUT2D eigenvalue weighted by Gasteiger charge is -2.21. The number of hydrogen-bond donors (Lipinski definition) is 0. The molecule has 3 heteroatoms. The molecule has 0 saturated heterocycles. The summed E-state index contributed by atoms with van der Waals surface area (Å²) in [5.41, 5.74) is 1.48. The minimum atomic E-state index is -0.529. The first-order valence-electron chi connectivity index (χ1n) is 6.16. The topological polar surface area (TPSA) is 38.7 Å². The third-order valence-corrected chi connectivity index (χ3v) is 2.30. The second kappa shape index (κ2) is 7.07. The van der Waals surface area contributed by atoms with Crippen molar-refractivity contribution < 1.29 is 9.53 Å². The van der Waals surface area contributed by atoms with Crippen molar-refractivity contribution in [1.82, 2.24) is 0 Å². The highest BCUT2D eigenvalue weighted by atomic mass is 16.6. The molecule has 0 aromatic heterocycles. The largest absolute Gasteiger partial charge is 0.445 e. The highest BCUT2D eigenvalue weighted by Gasteiger charge is 2.22. The first-order chi connectivity index (χ1) is 8.30. The van der Waals surface area contributed by atoms with Crippen molar-refractivity contribution in [2.75, 3.05) is 0 Å². The molecule has 0 atom stereocenters. The van der Waals surface area contributed by atoms with E-state index in [1.54, 1.807) is 0 Å². The van der Waals surface area contributed by atoms with Crippen molar-refractivity contribution in [3.05, 3.63) is 35.9 Å². The summed E-state index contributed by atoms with van der Waals surface area (Å²) in [6.07, 6.45) is -0.683. The van der Waals surface area contributed by atoms with Crippen LogP contribution < -0.4 is 0 Å². The predicted molar refractivity (Wildman–Crippen MR) is 80.8 cm³/mol. The standard InChI is InChI=1S/C15H21NO2.CH4/c1-11(2)18-14(17)16-13(15(3,4)5)12-9-7-6-8-10-12;/h6-11H,1-5H3;1H4. The van der Waals surface area contributed by atoms with Gasteiger partial charge in [-0.05, 0) is 19.4 Å². The Labute approximate surface area is 116 Å². The Morgan fingerprint density at radius 1 is 1.16 bits per heavy atom. The van der Waals surface area contributed by atoms with Crippen LogP contribution in [0.2, 0.25) is 0 Å². The van der Waals surface area contributed by atoms with E-state index in [1.165, 1.54) is 0 Å². The molecule has 0 aliphatic heterocycles. The first-order valence-corrected chi connectivity index (χ1v) is 6.16. The van der Waals surface area contributed by atoms with Crippen LogP contribution in [0, 0.1) is 5.41 Å². The van der Waals surface area contributed by atoms with Crippen molar-refractivity contribution in [2.24, 2.45) is 10.4 Å². The molecule has 0 spiro atoms. The number of rotatable bonds is 2. The van der Waals surface area contributed by atoms with Gasteiger partial charge in [-0.1, -0.05) is 58.5 Å². The number of amides is 1. The summed E-state index contributed by atoms with van der Waals surface area (Å²) in [6.45, 7) is 9.71. The quantitative estimate of drug-likeness (QED) is 0.725. The molecule has 1 aromatic carbocycles. The average molecular weight is 263 g/mol. The Bertz CT molecular complexity index is 428. The molecule has 0 bridgehead atoms. The Hall–Kier alpha value is -1.64. The molecule has 19 heavy (non-hydrogen) atoms. The zero-order valence-corrected chi connectivity index (χ0v) is 11.7. The molecule has 0 fully saturated rings. The Morgan fingerprint density at radius 3 is 2.11 bits per heavy atom. The summed E-state index contributed by atoms with van der Waals surface area (Å²) in [6, 6.07) is 9.71. The maximum atomic E-state index is 11.7. The first kappa shape index (κ1) is 17.4. The number of aliphatic imine (C=N–C) groups is 1. The fourth-order valence-electron chi connectivity index (χ4n) is 1.58. The van der Waals surface area contributed by atoms with Gasteiger partial charge in [-0.3, -0.25) is 0 Å². The van der Waals surface area contributed by atoms with Crippen LogP contribution in [-0.2, 0) is 4.74 Å². The second-order valence-corrected chi connectivity index (χ2v) is 5.51. The average Bonchev–Trinajstić information content (AvgIpc) is 2.24. The molecule has 106 valence electrons. The lowest BCUT2D eigenvalue weighted by molar-refractivity contribution is 0.125. The van der Waals surface area contributed by atoms with E-state index in [4.69, 9.17) is 4.74 Å². The Balaban J connectivity index is 0.00000324. The summed E-state index contributed by atoms with van der Waals surface area (Å²) < 4.78 is 5.07. The van der Waals surface area contributed by atoms with E-state index in [1.807, 2.05) is 65.0 Å². The Morgan fingerprint density at radius 2 is 1.68 bits per heavy atom. The lowest BCUT2D eigenvalue weighted by atomic mass is 9.85. The molecule has 3 nitrogen and oxygen atoms in total. The normalized spacial score (nSPS) is 12.0. The Kier molecular flexibility index (Phi) is 6.46. The maximum absolute atomic E-state index is 11.7. The van der Waals surface area contributed by atoms with Gasteiger partial charge in [0.1, 0.15) is 0 Å². The van der Waals surface area contributed by atoms with Gasteiger partial charge in [0.05, 0.1) is 11.8 Å². The van der Waals surface area contributed by atoms with Gasteiger partial charge in [-0.25, -0.2) is 4.79 Å². The number of ether oxygens (including phenoxy) is 1. The van der Waals surface area contributed by atoms with E-state index in [9.17, 15) is 4.79 Å². The van der Waals surface area contributed by atoms with E-state index >= 15 is 0 Å². The zero-order valence-electron chi connectivity index (χ0n) is 11.7. The molecule has 1 amide bonds. The highest BCUT2D eigenvalue weighted by molar-refractivity contribution is 6.08. The number of benzene rings is 1. The van der Waals surface area contributed by atoms with Crippen molar-refractivity contribution in [2.45, 2.75) is 48.1 Å². The van der Waals surface area contributed by atoms with Crippen LogP contribution in [-0.4, -0.2) is 17.9 Å². The van der Waals surface area contributed by atoms with Crippen molar-refractivity contribution in [3.63, 3.8) is 0 Å². The SMILES string of the molecule is C.CC(C)OC(=O)N=C(c1ccccc1)C(C)(C)C. The summed E-state index contributed by atoms with van der Waals surface area (Å²) in [5, 5.41) is 0. The molecule has 0 saturated carbocycles. The summed E-state index contributed by atoms with van der Waals surface area (Å²) in [7, 11) is 0. The number of hydrogen-bond acceptors (Lipinski definition) is 2. The van der Waals surface area contributed by atoms with Gasteiger partial charge >= 0.3 is 6.09 Å². The molecule has 0 aliphatic rings. The van der Waals surface area contributed by atoms with Crippen molar-refractivity contribution in [3.8, 4) is 0 Å². The van der Waals surface area contributed by atoms with Gasteiger partial charge in [-0.15, -0.1) is 0 Å². The smallest absolute Gasteiger partial charge is 0.434 e. The van der Waals surface area contributed by atoms with E-state index in [-0.39, 0.29) is 18.9 Å². The maximum Gasteiger partial charge on any atom is 0.434 e. The third kappa shape index (κ3) is 5.69. The van der Waals surface area contributed by atoms with E-state index in [2.05, 4.69) is 4.99 Å². The molecule has 1 aromatic rings. The van der Waals surface area contributed by atoms with Gasteiger partial charge in [0, 0.05) is 5.41 Å². The van der Waals surface area contributed by atoms with E-state index < -0.39 is 6.09 Å². The van der Waals surface area contributed by atoms with Gasteiger partial charge in [0.2, 0.25) is 0 Å². The minimum absolute atomic E-state index is 0. The predicted octanol–water partition coefficient (Wildman–Crippen LogP) is 4.70. The van der Waals surface area contributed by atoms with Crippen LogP contribution in [0.5, 0.6) is 0 Å². The molecular weight excluding hydrogens is 238 g/mol. The number of carbonyl (C=O) groups is 1. The van der Waals surface area contributed by atoms with Crippen LogP contribution in [0.25, 0.3) is 0 Å². The molecule has 0 radical (unpaired) electrons. The fourth-order valence-corrected chi connectivity index (χ4v) is 1.58. The van der Waals surface area contributed by atoms with Gasteiger partial charge in [0.15, 0.2) is 0 Å². The van der Waals surface area contributed by atoms with Crippen molar-refractivity contribution in [1.29, 1.82) is 0 Å². The van der Waals surface area contributed by atoms with Crippen LogP contribution in [0.3, 0.4) is 0 Å². The number of carbonyl (C=O) groups excluding carboxylic acids is 1. The summed E-state index contributed by atoms with van der Waals surface area (Å²) >= 11 is 0. The van der Waals surface area contributed by atoms with Gasteiger partial charge in [-0.2, -0.15) is 4.99 Å². The molecular formula is C16H25NO2. The van der Waals surface area contributed by atoms with Gasteiger partial charge < -0.3 is 4.74 Å². The third-order valence-electron chi connectivity index (χ3n) is 2.30. The zero-order chi connectivity index (χ0) is 13.8. The van der Waals surface area contributed by atoms with Gasteiger partial charge in [0.25, 0.3) is 0 Å². The summed E-state index contributed by atoms with van der Waals surface area (Å²) in [4.78, 5) is 15.8. The lowest BCUT2D eigenvalue weighted by Crippen LogP contribution is -2.23. The van der Waals surface area contributed by atoms with Crippen LogP contribution in [0.4, 0.5) is 4.79 Å². The van der Waals surface area contributed by atoms with Crippen LogP contribution >= 0.6 is 0 Å². The highest BCUT2D eigenvalue weighted by Crippen LogP contribution is 2.22. The molecule has 0 aliphatic carbocycles. The monoisotopic (exact) mass is 263 g/mol. The molecule has 1 rings (SSSR count). The van der Waals surface area contributed by atoms with Crippen LogP contribution in [0.1, 0.15) is 47.6 Å². The second-order valence-electron chi connectivity index (χ2n) is 5.51. The van der Waals surface area contributed by atoms with E-state index in [0.717, 1.165) is 11.3 Å². The van der Waals surface area contributed by atoms with E-state index in [0.29, 0.717) is 0 Å². The molecule has 0 N–H and O–H groups in total. The fraction of sp³-hybridized carbons (Fsp3) is 0.500. The molecule has 0 heterocycles.